The Balaban J connectivity index is 2.45. The van der Waals surface area contributed by atoms with Crippen molar-refractivity contribution in [3.05, 3.63) is 35.4 Å². The number of sulfone groups is 1. The van der Waals surface area contributed by atoms with Gasteiger partial charge in [0.05, 0.1) is 4.90 Å². The Bertz CT molecular complexity index is 568. The number of benzene rings is 1. The van der Waals surface area contributed by atoms with Crippen LogP contribution in [0.3, 0.4) is 0 Å². The van der Waals surface area contributed by atoms with Gasteiger partial charge in [0.25, 0.3) is 9.84 Å². The van der Waals surface area contributed by atoms with Gasteiger partial charge in [-0.2, -0.15) is 4.79 Å². The largest absolute Gasteiger partial charge is 0.374 e. The highest BCUT2D eigenvalue weighted by Gasteiger charge is 2.25. The van der Waals surface area contributed by atoms with Crippen molar-refractivity contribution in [2.45, 2.75) is 42.9 Å². The van der Waals surface area contributed by atoms with Gasteiger partial charge in [-0.25, -0.2) is 8.42 Å². The van der Waals surface area contributed by atoms with Gasteiger partial charge in [0, 0.05) is 0 Å². The fourth-order valence-electron chi connectivity index (χ4n) is 2.61. The molecule has 0 bridgehead atoms. The Labute approximate surface area is 107 Å². The van der Waals surface area contributed by atoms with E-state index < -0.39 is 9.84 Å². The fraction of sp³-hybridized carbons (Fsp3) is 0.462. The van der Waals surface area contributed by atoms with E-state index in [0.717, 1.165) is 31.2 Å². The normalized spacial score (nSPS) is 17.1. The van der Waals surface area contributed by atoms with Crippen LogP contribution in [0.1, 0.15) is 43.6 Å². The number of rotatable bonds is 3. The van der Waals surface area contributed by atoms with E-state index in [9.17, 15) is 8.42 Å². The number of hydrogen-bond acceptors (Lipinski definition) is 2. The predicted octanol–water partition coefficient (Wildman–Crippen LogP) is 2.77. The minimum absolute atomic E-state index is 0.273. The molecule has 96 valence electrons. The van der Waals surface area contributed by atoms with Crippen LogP contribution in [0.25, 0.3) is 5.53 Å². The van der Waals surface area contributed by atoms with Gasteiger partial charge in [0.15, 0.2) is 0 Å². The lowest BCUT2D eigenvalue weighted by Gasteiger charge is -2.23. The summed E-state index contributed by atoms with van der Waals surface area (Å²) in [7, 11) is -3.63. The lowest BCUT2D eigenvalue weighted by Crippen LogP contribution is -2.11. The molecular formula is C13H16N2O2S. The molecule has 0 heterocycles. The van der Waals surface area contributed by atoms with E-state index >= 15 is 0 Å². The minimum atomic E-state index is -3.63. The van der Waals surface area contributed by atoms with Crippen LogP contribution in [0.5, 0.6) is 0 Å². The standard InChI is InChI=1S/C13H16N2O2S/c14-15-10-18(16,17)13-9-5-4-8-12(13)11-6-2-1-3-7-11/h4-5,8-11H,1-3,6-7H2. The molecule has 18 heavy (non-hydrogen) atoms. The molecule has 0 unspecified atom stereocenters. The van der Waals surface area contributed by atoms with Crippen LogP contribution in [-0.4, -0.2) is 18.8 Å². The maximum absolute atomic E-state index is 12.0. The van der Waals surface area contributed by atoms with Crippen LogP contribution < -0.4 is 0 Å². The Morgan fingerprint density at radius 1 is 1.17 bits per heavy atom. The van der Waals surface area contributed by atoms with E-state index in [4.69, 9.17) is 5.53 Å². The molecule has 0 aliphatic heterocycles. The first-order chi connectivity index (χ1) is 8.65. The molecule has 1 saturated carbocycles. The summed E-state index contributed by atoms with van der Waals surface area (Å²) in [6.45, 7) is 0. The summed E-state index contributed by atoms with van der Waals surface area (Å²) < 4.78 is 24.0. The van der Waals surface area contributed by atoms with Gasteiger partial charge in [0.1, 0.15) is 0 Å². The molecule has 5 heteroatoms. The third-order valence-corrected chi connectivity index (χ3v) is 4.81. The van der Waals surface area contributed by atoms with Crippen LogP contribution >= 0.6 is 0 Å². The van der Waals surface area contributed by atoms with Crippen molar-refractivity contribution in [1.82, 2.24) is 0 Å². The van der Waals surface area contributed by atoms with Crippen LogP contribution in [0, 0.1) is 0 Å². The molecule has 0 radical (unpaired) electrons. The highest BCUT2D eigenvalue weighted by molar-refractivity contribution is 8.04. The van der Waals surface area contributed by atoms with Crippen molar-refractivity contribution < 1.29 is 13.2 Å². The second-order valence-electron chi connectivity index (χ2n) is 4.64. The maximum Gasteiger partial charge on any atom is 0.374 e. The second-order valence-corrected chi connectivity index (χ2v) is 6.38. The molecule has 0 saturated heterocycles. The first-order valence-corrected chi connectivity index (χ1v) is 7.71. The number of nitrogens with zero attached hydrogens (tertiary/aromatic N) is 2. The lowest BCUT2D eigenvalue weighted by molar-refractivity contribution is 0.00753. The summed E-state index contributed by atoms with van der Waals surface area (Å²) in [6, 6.07) is 7.01. The van der Waals surface area contributed by atoms with Gasteiger partial charge in [-0.05, 0) is 30.4 Å². The third-order valence-electron chi connectivity index (χ3n) is 3.46. The van der Waals surface area contributed by atoms with Crippen LogP contribution in [0.15, 0.2) is 29.2 Å². The van der Waals surface area contributed by atoms with Crippen molar-refractivity contribution in [1.29, 1.82) is 0 Å². The molecule has 0 N–H and O–H groups in total. The molecule has 1 aliphatic carbocycles. The van der Waals surface area contributed by atoms with Crippen LogP contribution in [0.4, 0.5) is 0 Å². The zero-order chi connectivity index (χ0) is 13.0. The van der Waals surface area contributed by atoms with E-state index in [2.05, 4.69) is 4.79 Å². The zero-order valence-corrected chi connectivity index (χ0v) is 10.9. The Morgan fingerprint density at radius 2 is 1.83 bits per heavy atom. The Morgan fingerprint density at radius 3 is 2.50 bits per heavy atom. The number of hydrogen-bond donors (Lipinski definition) is 0. The molecule has 1 fully saturated rings. The third kappa shape index (κ3) is 2.68. The van der Waals surface area contributed by atoms with Crippen molar-refractivity contribution in [3.63, 3.8) is 0 Å². The quantitative estimate of drug-likeness (QED) is 0.364. The SMILES string of the molecule is [N-]=[N+]=CS(=O)(=O)c1ccccc1C1CCCCC1. The molecular weight excluding hydrogens is 248 g/mol. The van der Waals surface area contributed by atoms with Gasteiger partial charge in [0.2, 0.25) is 0 Å². The van der Waals surface area contributed by atoms with Gasteiger partial charge >= 0.3 is 5.55 Å². The molecule has 1 aromatic carbocycles. The van der Waals surface area contributed by atoms with E-state index in [1.54, 1.807) is 12.1 Å². The van der Waals surface area contributed by atoms with Gasteiger partial charge < -0.3 is 5.53 Å². The molecule has 0 atom stereocenters. The second kappa shape index (κ2) is 5.46. The van der Waals surface area contributed by atoms with Crippen molar-refractivity contribution in [2.75, 3.05) is 0 Å². The van der Waals surface area contributed by atoms with E-state index in [-0.39, 0.29) is 4.90 Å². The monoisotopic (exact) mass is 264 g/mol. The molecule has 0 amide bonds. The van der Waals surface area contributed by atoms with Gasteiger partial charge in [-0.1, -0.05) is 37.5 Å². The minimum Gasteiger partial charge on any atom is -0.361 e. The summed E-state index contributed by atoms with van der Waals surface area (Å²) in [5.41, 5.74) is 9.92. The van der Waals surface area contributed by atoms with E-state index in [1.165, 1.54) is 6.42 Å². The van der Waals surface area contributed by atoms with E-state index in [1.807, 2.05) is 12.1 Å². The van der Waals surface area contributed by atoms with Crippen LogP contribution in [-0.2, 0) is 9.84 Å². The summed E-state index contributed by atoms with van der Waals surface area (Å²) in [5, 5.41) is 0. The summed E-state index contributed by atoms with van der Waals surface area (Å²) in [5.74, 6) is 0.303. The molecule has 1 aliphatic rings. The highest BCUT2D eigenvalue weighted by atomic mass is 32.2. The summed E-state index contributed by atoms with van der Waals surface area (Å²) in [6.07, 6.45) is 5.58. The topological polar surface area (TPSA) is 70.5 Å². The maximum atomic E-state index is 12.0. The van der Waals surface area contributed by atoms with Crippen LogP contribution in [0.2, 0.25) is 0 Å². The average Bonchev–Trinajstić information content (AvgIpc) is 2.40. The molecule has 4 nitrogen and oxygen atoms in total. The van der Waals surface area contributed by atoms with Gasteiger partial charge in [-0.3, -0.25) is 0 Å². The Kier molecular flexibility index (Phi) is 3.94. The first kappa shape index (κ1) is 13.0. The highest BCUT2D eigenvalue weighted by Crippen LogP contribution is 2.35. The van der Waals surface area contributed by atoms with E-state index in [0.29, 0.717) is 11.5 Å². The van der Waals surface area contributed by atoms with Crippen molar-refractivity contribution >= 4 is 15.4 Å². The summed E-state index contributed by atoms with van der Waals surface area (Å²) >= 11 is 0. The first-order valence-electron chi connectivity index (χ1n) is 6.16. The summed E-state index contributed by atoms with van der Waals surface area (Å²) in [4.78, 5) is 2.93. The average molecular weight is 264 g/mol. The zero-order valence-electron chi connectivity index (χ0n) is 10.1. The van der Waals surface area contributed by atoms with Crippen molar-refractivity contribution in [3.8, 4) is 0 Å². The molecule has 0 aromatic heterocycles. The predicted molar refractivity (Wildman–Crippen MR) is 69.1 cm³/mol. The lowest BCUT2D eigenvalue weighted by atomic mass is 9.84. The fourth-order valence-corrected chi connectivity index (χ4v) is 3.68. The van der Waals surface area contributed by atoms with Crippen molar-refractivity contribution in [2.24, 2.45) is 0 Å². The smallest absolute Gasteiger partial charge is 0.361 e. The Hall–Kier alpha value is -1.45. The van der Waals surface area contributed by atoms with Gasteiger partial charge in [-0.15, -0.1) is 0 Å². The molecule has 1 aromatic rings. The molecule has 0 spiro atoms. The molecule has 2 rings (SSSR count).